The molecule has 2 nitrogen and oxygen atoms in total. The van der Waals surface area contributed by atoms with Crippen LogP contribution in [0.4, 0.5) is 0 Å². The number of rotatable bonds is 3. The lowest BCUT2D eigenvalue weighted by Gasteiger charge is -2.17. The Hall–Kier alpha value is 0.1000. The predicted molar refractivity (Wildman–Crippen MR) is 59.6 cm³/mol. The van der Waals surface area contributed by atoms with Gasteiger partial charge in [0.2, 0.25) is 0 Å². The van der Waals surface area contributed by atoms with Gasteiger partial charge in [-0.3, -0.25) is 0 Å². The zero-order valence-electron chi connectivity index (χ0n) is 7.24. The van der Waals surface area contributed by atoms with Gasteiger partial charge in [0, 0.05) is 10.9 Å². The lowest BCUT2D eigenvalue weighted by atomic mass is 10.0. The molecule has 0 radical (unpaired) electrons. The first-order valence-electron chi connectivity index (χ1n) is 4.45. The van der Waals surface area contributed by atoms with E-state index < -0.39 is 0 Å². The summed E-state index contributed by atoms with van der Waals surface area (Å²) < 4.78 is 1.13. The SMILES string of the molecule is NC(c1ccc(Br)s1)C(N)C1CC1. The third-order valence-corrected chi connectivity index (χ3v) is 4.23. The molecule has 1 heterocycles. The average molecular weight is 261 g/mol. The Kier molecular flexibility index (Phi) is 2.74. The van der Waals surface area contributed by atoms with Gasteiger partial charge in [-0.25, -0.2) is 0 Å². The molecule has 1 aromatic rings. The highest BCUT2D eigenvalue weighted by Crippen LogP contribution is 2.37. The van der Waals surface area contributed by atoms with Gasteiger partial charge in [0.15, 0.2) is 0 Å². The van der Waals surface area contributed by atoms with Crippen molar-refractivity contribution >= 4 is 27.3 Å². The molecule has 72 valence electrons. The van der Waals surface area contributed by atoms with Crippen molar-refractivity contribution in [2.24, 2.45) is 17.4 Å². The smallest absolute Gasteiger partial charge is 0.0702 e. The van der Waals surface area contributed by atoms with E-state index in [2.05, 4.69) is 22.0 Å². The number of thiophene rings is 1. The maximum absolute atomic E-state index is 6.06. The third kappa shape index (κ3) is 2.13. The minimum atomic E-state index is 0.0174. The summed E-state index contributed by atoms with van der Waals surface area (Å²) in [6, 6.07) is 4.25. The largest absolute Gasteiger partial charge is 0.326 e. The fraction of sp³-hybridized carbons (Fsp3) is 0.556. The molecule has 0 spiro atoms. The Morgan fingerprint density at radius 2 is 2.08 bits per heavy atom. The highest BCUT2D eigenvalue weighted by atomic mass is 79.9. The average Bonchev–Trinajstić information content (AvgIpc) is 2.87. The van der Waals surface area contributed by atoms with Gasteiger partial charge in [-0.2, -0.15) is 0 Å². The number of hydrogen-bond acceptors (Lipinski definition) is 3. The molecule has 2 atom stereocenters. The van der Waals surface area contributed by atoms with Crippen molar-refractivity contribution in [2.45, 2.75) is 24.9 Å². The topological polar surface area (TPSA) is 52.0 Å². The highest BCUT2D eigenvalue weighted by Gasteiger charge is 2.33. The van der Waals surface area contributed by atoms with Crippen molar-refractivity contribution in [1.82, 2.24) is 0 Å². The monoisotopic (exact) mass is 260 g/mol. The van der Waals surface area contributed by atoms with Crippen molar-refractivity contribution < 1.29 is 0 Å². The van der Waals surface area contributed by atoms with E-state index in [0.717, 1.165) is 3.79 Å². The zero-order valence-corrected chi connectivity index (χ0v) is 9.64. The molecule has 13 heavy (non-hydrogen) atoms. The maximum atomic E-state index is 6.06. The van der Waals surface area contributed by atoms with Crippen molar-refractivity contribution in [3.05, 3.63) is 20.8 Å². The normalized spacial score (nSPS) is 21.5. The van der Waals surface area contributed by atoms with Crippen LogP contribution in [0.2, 0.25) is 0 Å². The van der Waals surface area contributed by atoms with Crippen LogP contribution in [0.1, 0.15) is 23.8 Å². The zero-order chi connectivity index (χ0) is 9.42. The van der Waals surface area contributed by atoms with Crippen LogP contribution in [0.3, 0.4) is 0 Å². The summed E-state index contributed by atoms with van der Waals surface area (Å²) >= 11 is 5.11. The highest BCUT2D eigenvalue weighted by molar-refractivity contribution is 9.11. The van der Waals surface area contributed by atoms with E-state index in [1.54, 1.807) is 11.3 Å². The molecule has 0 aromatic carbocycles. The van der Waals surface area contributed by atoms with Gasteiger partial charge in [0.05, 0.1) is 9.83 Å². The summed E-state index contributed by atoms with van der Waals surface area (Å²) in [7, 11) is 0. The van der Waals surface area contributed by atoms with Crippen LogP contribution in [0.5, 0.6) is 0 Å². The summed E-state index contributed by atoms with van der Waals surface area (Å²) in [6.45, 7) is 0. The van der Waals surface area contributed by atoms with Crippen LogP contribution in [0, 0.1) is 5.92 Å². The van der Waals surface area contributed by atoms with E-state index in [1.165, 1.54) is 17.7 Å². The van der Waals surface area contributed by atoms with Crippen molar-refractivity contribution in [3.8, 4) is 0 Å². The van der Waals surface area contributed by atoms with Crippen LogP contribution in [0.25, 0.3) is 0 Å². The molecule has 0 aliphatic heterocycles. The van der Waals surface area contributed by atoms with Crippen LogP contribution in [-0.4, -0.2) is 6.04 Å². The Bertz CT molecular complexity index is 296. The molecule has 1 aliphatic carbocycles. The molecule has 1 aromatic heterocycles. The maximum Gasteiger partial charge on any atom is 0.0702 e. The molecular formula is C9H13BrN2S. The lowest BCUT2D eigenvalue weighted by Crippen LogP contribution is -2.35. The fourth-order valence-corrected chi connectivity index (χ4v) is 2.95. The predicted octanol–water partition coefficient (Wildman–Crippen LogP) is 2.25. The van der Waals surface area contributed by atoms with E-state index in [0.29, 0.717) is 5.92 Å². The molecule has 2 rings (SSSR count). The molecule has 0 saturated heterocycles. The molecule has 2 unspecified atom stereocenters. The second kappa shape index (κ2) is 3.69. The first kappa shape index (κ1) is 9.65. The van der Waals surface area contributed by atoms with Crippen LogP contribution in [-0.2, 0) is 0 Å². The summed E-state index contributed by atoms with van der Waals surface area (Å²) in [5.74, 6) is 0.663. The van der Waals surface area contributed by atoms with Gasteiger partial charge in [0.1, 0.15) is 0 Å². The Morgan fingerprint density at radius 3 is 2.54 bits per heavy atom. The van der Waals surface area contributed by atoms with Gasteiger partial charge in [-0.05, 0) is 46.8 Å². The van der Waals surface area contributed by atoms with Crippen molar-refractivity contribution in [1.29, 1.82) is 0 Å². The second-order valence-electron chi connectivity index (χ2n) is 3.58. The van der Waals surface area contributed by atoms with Crippen molar-refractivity contribution in [3.63, 3.8) is 0 Å². The number of halogens is 1. The molecule has 0 bridgehead atoms. The standard InChI is InChI=1S/C9H13BrN2S/c10-7-4-3-6(13-7)9(12)8(11)5-1-2-5/h3-5,8-9H,1-2,11-12H2. The molecular weight excluding hydrogens is 248 g/mol. The third-order valence-electron chi connectivity index (χ3n) is 2.50. The van der Waals surface area contributed by atoms with E-state index in [4.69, 9.17) is 11.5 Å². The molecule has 4 heteroatoms. The first-order chi connectivity index (χ1) is 6.18. The van der Waals surface area contributed by atoms with Gasteiger partial charge < -0.3 is 11.5 Å². The van der Waals surface area contributed by atoms with E-state index in [1.807, 2.05) is 6.07 Å². The minimum absolute atomic E-state index is 0.0174. The van der Waals surface area contributed by atoms with Crippen LogP contribution >= 0.6 is 27.3 Å². The lowest BCUT2D eigenvalue weighted by molar-refractivity contribution is 0.499. The van der Waals surface area contributed by atoms with Crippen LogP contribution < -0.4 is 11.5 Å². The van der Waals surface area contributed by atoms with Gasteiger partial charge in [0.25, 0.3) is 0 Å². The minimum Gasteiger partial charge on any atom is -0.326 e. The first-order valence-corrected chi connectivity index (χ1v) is 6.06. The molecule has 0 amide bonds. The Labute approximate surface area is 90.4 Å². The quantitative estimate of drug-likeness (QED) is 0.876. The summed E-state index contributed by atoms with van der Waals surface area (Å²) in [5.41, 5.74) is 12.1. The molecule has 4 N–H and O–H groups in total. The summed E-state index contributed by atoms with van der Waals surface area (Å²) in [4.78, 5) is 1.19. The fourth-order valence-electron chi connectivity index (χ4n) is 1.47. The van der Waals surface area contributed by atoms with Crippen LogP contribution in [0.15, 0.2) is 15.9 Å². The number of hydrogen-bond donors (Lipinski definition) is 2. The van der Waals surface area contributed by atoms with E-state index >= 15 is 0 Å². The summed E-state index contributed by atoms with van der Waals surface area (Å²) in [5, 5.41) is 0. The van der Waals surface area contributed by atoms with Gasteiger partial charge in [-0.1, -0.05) is 0 Å². The summed E-state index contributed by atoms with van der Waals surface area (Å²) in [6.07, 6.45) is 2.50. The Morgan fingerprint density at radius 1 is 1.38 bits per heavy atom. The van der Waals surface area contributed by atoms with E-state index in [-0.39, 0.29) is 12.1 Å². The van der Waals surface area contributed by atoms with Gasteiger partial charge >= 0.3 is 0 Å². The second-order valence-corrected chi connectivity index (χ2v) is 6.08. The van der Waals surface area contributed by atoms with Gasteiger partial charge in [-0.15, -0.1) is 11.3 Å². The molecule has 1 fully saturated rings. The Balaban J connectivity index is 2.06. The number of nitrogens with two attached hydrogens (primary N) is 2. The van der Waals surface area contributed by atoms with Crippen molar-refractivity contribution in [2.75, 3.05) is 0 Å². The van der Waals surface area contributed by atoms with E-state index in [9.17, 15) is 0 Å². The molecule has 1 saturated carbocycles. The molecule has 1 aliphatic rings.